The van der Waals surface area contributed by atoms with Crippen molar-refractivity contribution in [1.82, 2.24) is 14.9 Å². The van der Waals surface area contributed by atoms with E-state index < -0.39 is 29.8 Å². The Balaban J connectivity index is 1.39. The molecule has 0 fully saturated rings. The van der Waals surface area contributed by atoms with Crippen molar-refractivity contribution in [3.05, 3.63) is 77.6 Å². The number of nitrogens with one attached hydrogen (secondary N) is 1. The van der Waals surface area contributed by atoms with Crippen LogP contribution in [-0.2, 0) is 20.7 Å². The normalized spacial score (nSPS) is 13.2. The van der Waals surface area contributed by atoms with Gasteiger partial charge in [0, 0.05) is 31.8 Å². The molecule has 10 heteroatoms. The van der Waals surface area contributed by atoms with Crippen molar-refractivity contribution in [1.29, 1.82) is 0 Å². The second kappa shape index (κ2) is 10.9. The smallest absolute Gasteiger partial charge is 0.414 e. The Hall–Kier alpha value is -4.47. The van der Waals surface area contributed by atoms with Crippen LogP contribution < -0.4 is 5.32 Å². The van der Waals surface area contributed by atoms with Gasteiger partial charge in [-0.15, -0.1) is 0 Å². The molecule has 1 aromatic heterocycles. The summed E-state index contributed by atoms with van der Waals surface area (Å²) in [5.74, 6) is -1.32. The van der Waals surface area contributed by atoms with Gasteiger partial charge in [0.25, 0.3) is 0 Å². The van der Waals surface area contributed by atoms with E-state index in [4.69, 9.17) is 9.47 Å². The van der Waals surface area contributed by atoms with E-state index in [0.29, 0.717) is 5.56 Å². The lowest BCUT2D eigenvalue weighted by Crippen LogP contribution is -2.44. The largest absolute Gasteiger partial charge is 0.480 e. The molecular weight excluding hydrogens is 488 g/mol. The van der Waals surface area contributed by atoms with E-state index in [1.165, 1.54) is 19.4 Å². The molecule has 0 saturated heterocycles. The molecule has 0 spiro atoms. The van der Waals surface area contributed by atoms with E-state index >= 15 is 0 Å². The lowest BCUT2D eigenvalue weighted by atomic mass is 9.98. The topological polar surface area (TPSA) is 131 Å². The number of rotatable bonds is 7. The number of likely N-dealkylation sites (N-methyl/N-ethyl adjacent to an activating group) is 1. The molecule has 1 aliphatic carbocycles. The van der Waals surface area contributed by atoms with Gasteiger partial charge in [0.2, 0.25) is 5.95 Å². The van der Waals surface area contributed by atoms with E-state index in [2.05, 4.69) is 15.3 Å². The van der Waals surface area contributed by atoms with Gasteiger partial charge in [-0.1, -0.05) is 48.5 Å². The van der Waals surface area contributed by atoms with Gasteiger partial charge in [-0.2, -0.15) is 0 Å². The van der Waals surface area contributed by atoms with Gasteiger partial charge >= 0.3 is 18.2 Å². The number of nitrogens with zero attached hydrogens (tertiary/aromatic N) is 3. The highest BCUT2D eigenvalue weighted by Gasteiger charge is 2.32. The SMILES string of the molecule is CN(C(=O)OCC1c2ccccc2-c2ccccc21)[C@@H](Cc1cnc(NC(=O)OC(C)(C)C)nc1)C(=O)O. The minimum atomic E-state index is -1.21. The fourth-order valence-corrected chi connectivity index (χ4v) is 4.36. The maximum absolute atomic E-state index is 12.9. The molecule has 0 radical (unpaired) electrons. The molecule has 2 aromatic carbocycles. The highest BCUT2D eigenvalue weighted by Crippen LogP contribution is 2.44. The molecule has 2 N–H and O–H groups in total. The summed E-state index contributed by atoms with van der Waals surface area (Å²) in [4.78, 5) is 46.0. The number of carboxylic acids is 1. The maximum atomic E-state index is 12.9. The van der Waals surface area contributed by atoms with Crippen molar-refractivity contribution in [3.63, 3.8) is 0 Å². The van der Waals surface area contributed by atoms with E-state index in [9.17, 15) is 19.5 Å². The monoisotopic (exact) mass is 518 g/mol. The number of hydrogen-bond acceptors (Lipinski definition) is 7. The van der Waals surface area contributed by atoms with Crippen LogP contribution in [0.15, 0.2) is 60.9 Å². The van der Waals surface area contributed by atoms with Crippen molar-refractivity contribution in [3.8, 4) is 11.1 Å². The molecule has 3 aromatic rings. The average Bonchev–Trinajstić information content (AvgIpc) is 3.18. The van der Waals surface area contributed by atoms with Crippen molar-refractivity contribution < 1.29 is 29.0 Å². The number of carbonyl (C=O) groups is 3. The maximum Gasteiger partial charge on any atom is 0.414 e. The van der Waals surface area contributed by atoms with Gasteiger partial charge in [0.1, 0.15) is 18.2 Å². The zero-order valence-corrected chi connectivity index (χ0v) is 21.7. The third-order valence-corrected chi connectivity index (χ3v) is 6.12. The fourth-order valence-electron chi connectivity index (χ4n) is 4.36. The van der Waals surface area contributed by atoms with Crippen LogP contribution >= 0.6 is 0 Å². The molecule has 4 rings (SSSR count). The summed E-state index contributed by atoms with van der Waals surface area (Å²) < 4.78 is 10.8. The van der Waals surface area contributed by atoms with Crippen molar-refractivity contribution >= 4 is 24.1 Å². The molecule has 198 valence electrons. The number of amides is 2. The quantitative estimate of drug-likeness (QED) is 0.460. The standard InChI is InChI=1S/C28H30N4O6/c1-28(2,3)38-26(35)31-25-29-14-17(15-30-25)13-23(24(33)34)32(4)27(36)37-16-22-20-11-7-5-9-18(20)19-10-6-8-12-21(19)22/h5-12,14-15,22-23H,13,16H2,1-4H3,(H,33,34)(H,29,30,31,35)/t23-/m0/s1. The number of carbonyl (C=O) groups excluding carboxylic acids is 2. The van der Waals surface area contributed by atoms with Crippen LogP contribution in [0.2, 0.25) is 0 Å². The number of hydrogen-bond donors (Lipinski definition) is 2. The predicted molar refractivity (Wildman–Crippen MR) is 140 cm³/mol. The first-order valence-electron chi connectivity index (χ1n) is 12.1. The van der Waals surface area contributed by atoms with E-state index in [-0.39, 0.29) is 24.9 Å². The molecule has 2 amide bonds. The lowest BCUT2D eigenvalue weighted by molar-refractivity contribution is -0.142. The summed E-state index contributed by atoms with van der Waals surface area (Å²) in [5, 5.41) is 12.2. The van der Waals surface area contributed by atoms with Gasteiger partial charge in [0.15, 0.2) is 0 Å². The highest BCUT2D eigenvalue weighted by molar-refractivity contribution is 5.83. The highest BCUT2D eigenvalue weighted by atomic mass is 16.6. The number of fused-ring (bicyclic) bond motifs is 3. The van der Waals surface area contributed by atoms with Crippen molar-refractivity contribution in [2.75, 3.05) is 19.0 Å². The Morgan fingerprint density at radius 1 is 1.00 bits per heavy atom. The number of ether oxygens (including phenoxy) is 2. The summed E-state index contributed by atoms with van der Waals surface area (Å²) in [6.45, 7) is 5.28. The zero-order chi connectivity index (χ0) is 27.4. The number of aliphatic carboxylic acids is 1. The number of anilines is 1. The van der Waals surface area contributed by atoms with E-state index in [1.54, 1.807) is 20.8 Å². The summed E-state index contributed by atoms with van der Waals surface area (Å²) >= 11 is 0. The Morgan fingerprint density at radius 3 is 2.08 bits per heavy atom. The third-order valence-electron chi connectivity index (χ3n) is 6.12. The van der Waals surface area contributed by atoms with Crippen LogP contribution in [0, 0.1) is 0 Å². The van der Waals surface area contributed by atoms with Gasteiger partial charge in [-0.05, 0) is 48.6 Å². The van der Waals surface area contributed by atoms with Crippen LogP contribution in [0.4, 0.5) is 15.5 Å². The summed E-state index contributed by atoms with van der Waals surface area (Å²) in [6, 6.07) is 14.7. The van der Waals surface area contributed by atoms with Crippen LogP contribution in [0.1, 0.15) is 43.4 Å². The van der Waals surface area contributed by atoms with Gasteiger partial charge in [-0.3, -0.25) is 10.2 Å². The minimum Gasteiger partial charge on any atom is -0.480 e. The van der Waals surface area contributed by atoms with E-state index in [0.717, 1.165) is 27.2 Å². The zero-order valence-electron chi connectivity index (χ0n) is 21.7. The van der Waals surface area contributed by atoms with Crippen LogP contribution in [-0.4, -0.2) is 63.4 Å². The van der Waals surface area contributed by atoms with Crippen molar-refractivity contribution in [2.45, 2.75) is 44.8 Å². The molecular formula is C28H30N4O6. The molecule has 0 unspecified atom stereocenters. The number of aromatic nitrogens is 2. The first-order valence-corrected chi connectivity index (χ1v) is 12.1. The van der Waals surface area contributed by atoms with Gasteiger partial charge in [0.05, 0.1) is 0 Å². The first-order chi connectivity index (χ1) is 18.0. The Morgan fingerprint density at radius 2 is 1.55 bits per heavy atom. The minimum absolute atomic E-state index is 0.0137. The predicted octanol–water partition coefficient (Wildman–Crippen LogP) is 4.70. The average molecular weight is 519 g/mol. The van der Waals surface area contributed by atoms with E-state index in [1.807, 2.05) is 48.5 Å². The Bertz CT molecular complexity index is 1290. The summed E-state index contributed by atoms with van der Waals surface area (Å²) in [7, 11) is 1.39. The summed E-state index contributed by atoms with van der Waals surface area (Å²) in [5.41, 5.74) is 4.12. The van der Waals surface area contributed by atoms with Crippen LogP contribution in [0.5, 0.6) is 0 Å². The third kappa shape index (κ3) is 6.08. The summed E-state index contributed by atoms with van der Waals surface area (Å²) in [6.07, 6.45) is 1.28. The van der Waals surface area contributed by atoms with Crippen LogP contribution in [0.3, 0.4) is 0 Å². The molecule has 0 aliphatic heterocycles. The molecule has 10 nitrogen and oxygen atoms in total. The second-order valence-electron chi connectivity index (χ2n) is 10.0. The number of carboxylic acid groups (broad SMARTS) is 1. The van der Waals surface area contributed by atoms with Crippen molar-refractivity contribution in [2.24, 2.45) is 0 Å². The number of benzene rings is 2. The molecule has 38 heavy (non-hydrogen) atoms. The Labute approximate surface area is 220 Å². The molecule has 0 saturated carbocycles. The van der Waals surface area contributed by atoms with Crippen LogP contribution in [0.25, 0.3) is 11.1 Å². The first kappa shape index (κ1) is 26.6. The molecule has 1 atom stereocenters. The molecule has 0 bridgehead atoms. The van der Waals surface area contributed by atoms with Gasteiger partial charge < -0.3 is 14.6 Å². The second-order valence-corrected chi connectivity index (χ2v) is 10.0. The lowest BCUT2D eigenvalue weighted by Gasteiger charge is -2.25. The molecule has 1 aliphatic rings. The Kier molecular flexibility index (Phi) is 7.61. The fraction of sp³-hybridized carbons (Fsp3) is 0.321. The molecule has 1 heterocycles. The van der Waals surface area contributed by atoms with Gasteiger partial charge in [-0.25, -0.2) is 24.4 Å².